The van der Waals surface area contributed by atoms with E-state index in [0.29, 0.717) is 17.1 Å². The number of thiocarbonyl (C=S) groups is 1. The molecule has 5 nitrogen and oxygen atoms in total. The second-order valence-corrected chi connectivity index (χ2v) is 11.9. The number of H-pyrrole nitrogens is 1. The van der Waals surface area contributed by atoms with Gasteiger partial charge in [-0.15, -0.1) is 0 Å². The molecule has 3 N–H and O–H groups in total. The van der Waals surface area contributed by atoms with Gasteiger partial charge in [-0.3, -0.25) is 0 Å². The van der Waals surface area contributed by atoms with Crippen LogP contribution in [0.2, 0.25) is 0 Å². The zero-order valence-electron chi connectivity index (χ0n) is 23.4. The van der Waals surface area contributed by atoms with Gasteiger partial charge in [0, 0.05) is 29.7 Å². The topological polar surface area (TPSA) is 52.3 Å². The number of rotatable bonds is 7. The van der Waals surface area contributed by atoms with Gasteiger partial charge in [-0.2, -0.15) is 0 Å². The lowest BCUT2D eigenvalue weighted by atomic mass is 9.84. The number of hydrogen-bond acceptors (Lipinski definition) is 3. The number of piperidine rings is 1. The molecule has 1 aliphatic carbocycles. The largest absolute Gasteiger partial charge is 0.495 e. The summed E-state index contributed by atoms with van der Waals surface area (Å²) < 4.78 is 5.60. The van der Waals surface area contributed by atoms with Crippen LogP contribution in [-0.4, -0.2) is 47.8 Å². The first-order chi connectivity index (χ1) is 19.7. The summed E-state index contributed by atoms with van der Waals surface area (Å²) >= 11 is 5.73. The number of hydrogen-bond donors (Lipinski definition) is 3. The molecule has 2 aliphatic rings. The fraction of sp³-hybridized carbons (Fsp3) is 0.382. The van der Waals surface area contributed by atoms with Gasteiger partial charge in [0.15, 0.2) is 5.11 Å². The molecule has 0 bridgehead atoms. The van der Waals surface area contributed by atoms with Gasteiger partial charge in [0.1, 0.15) is 5.75 Å². The molecule has 0 unspecified atom stereocenters. The highest BCUT2D eigenvalue weighted by Crippen LogP contribution is 2.35. The van der Waals surface area contributed by atoms with Crippen LogP contribution in [-0.2, 0) is 0 Å². The summed E-state index contributed by atoms with van der Waals surface area (Å²) in [6.45, 7) is 3.65. The fourth-order valence-electron chi connectivity index (χ4n) is 6.67. The minimum atomic E-state index is 0.423. The van der Waals surface area contributed by atoms with Crippen molar-refractivity contribution in [3.05, 3.63) is 84.6 Å². The first-order valence-corrected chi connectivity index (χ1v) is 15.2. The van der Waals surface area contributed by atoms with Crippen molar-refractivity contribution in [3.8, 4) is 16.9 Å². The molecule has 1 saturated heterocycles. The van der Waals surface area contributed by atoms with Crippen LogP contribution < -0.4 is 15.4 Å². The van der Waals surface area contributed by atoms with Gasteiger partial charge in [0.05, 0.1) is 12.8 Å². The molecule has 0 spiro atoms. The number of nitrogens with one attached hydrogen (secondary N) is 3. The Balaban J connectivity index is 0.960. The van der Waals surface area contributed by atoms with Gasteiger partial charge in [-0.1, -0.05) is 54.6 Å². The van der Waals surface area contributed by atoms with Crippen molar-refractivity contribution >= 4 is 33.9 Å². The van der Waals surface area contributed by atoms with Crippen molar-refractivity contribution in [1.29, 1.82) is 0 Å². The lowest BCUT2D eigenvalue weighted by Gasteiger charge is -2.37. The maximum atomic E-state index is 5.73. The van der Waals surface area contributed by atoms with E-state index in [1.807, 2.05) is 12.1 Å². The molecule has 0 atom stereocenters. The second-order valence-electron chi connectivity index (χ2n) is 11.5. The first kappa shape index (κ1) is 26.9. The minimum Gasteiger partial charge on any atom is -0.495 e. The van der Waals surface area contributed by atoms with Crippen molar-refractivity contribution in [1.82, 2.24) is 15.2 Å². The summed E-state index contributed by atoms with van der Waals surface area (Å²) in [4.78, 5) is 6.18. The number of ether oxygens (including phenoxy) is 1. The standard InChI is InChI=1S/C34H40N4OS/c1-39-33-16-13-27(25-7-3-2-4-8-25)21-32(33)37-34(40)36-28-14-11-24(12-15-28)23-38-19-17-26(18-20-38)30-22-35-31-10-6-5-9-29(30)31/h2-10,13,16,21-22,24,26,28,35H,11-12,14-15,17-20,23H2,1H3,(H2,36,37,40). The highest BCUT2D eigenvalue weighted by atomic mass is 32.1. The van der Waals surface area contributed by atoms with Gasteiger partial charge < -0.3 is 25.3 Å². The molecule has 208 valence electrons. The van der Waals surface area contributed by atoms with Crippen LogP contribution in [0, 0.1) is 5.92 Å². The summed E-state index contributed by atoms with van der Waals surface area (Å²) in [6.07, 6.45) is 9.61. The number of fused-ring (bicyclic) bond motifs is 1. The van der Waals surface area contributed by atoms with Gasteiger partial charge in [-0.05, 0) is 111 Å². The molecule has 2 fully saturated rings. The molecule has 1 aromatic heterocycles. The fourth-order valence-corrected chi connectivity index (χ4v) is 6.95. The zero-order valence-corrected chi connectivity index (χ0v) is 24.2. The molecular weight excluding hydrogens is 512 g/mol. The normalized spacial score (nSPS) is 20.3. The zero-order chi connectivity index (χ0) is 27.3. The molecule has 3 aromatic carbocycles. The summed E-state index contributed by atoms with van der Waals surface area (Å²) in [7, 11) is 1.70. The third-order valence-electron chi connectivity index (χ3n) is 8.90. The Hall–Kier alpha value is -3.35. The summed E-state index contributed by atoms with van der Waals surface area (Å²) in [5.41, 5.74) is 5.98. The van der Waals surface area contributed by atoms with Crippen LogP contribution in [0.1, 0.15) is 50.0 Å². The van der Waals surface area contributed by atoms with Gasteiger partial charge in [0.25, 0.3) is 0 Å². The maximum absolute atomic E-state index is 5.73. The van der Waals surface area contributed by atoms with Crippen molar-refractivity contribution < 1.29 is 4.74 Å². The van der Waals surface area contributed by atoms with E-state index in [4.69, 9.17) is 17.0 Å². The average Bonchev–Trinajstić information content (AvgIpc) is 3.43. The van der Waals surface area contributed by atoms with E-state index in [1.54, 1.807) is 7.11 Å². The Labute approximate surface area is 243 Å². The van der Waals surface area contributed by atoms with Crippen LogP contribution >= 0.6 is 12.2 Å². The Morgan fingerprint density at radius 2 is 1.65 bits per heavy atom. The van der Waals surface area contributed by atoms with Crippen LogP contribution in [0.5, 0.6) is 5.75 Å². The molecule has 2 heterocycles. The first-order valence-electron chi connectivity index (χ1n) is 14.8. The molecule has 4 aromatic rings. The minimum absolute atomic E-state index is 0.423. The average molecular weight is 553 g/mol. The predicted octanol–water partition coefficient (Wildman–Crippen LogP) is 7.57. The third kappa shape index (κ3) is 6.18. The van der Waals surface area contributed by atoms with Crippen LogP contribution in [0.3, 0.4) is 0 Å². The monoisotopic (exact) mass is 552 g/mol. The van der Waals surface area contributed by atoms with Gasteiger partial charge in [0.2, 0.25) is 0 Å². The number of benzene rings is 3. The molecule has 40 heavy (non-hydrogen) atoms. The number of likely N-dealkylation sites (tertiary alicyclic amines) is 1. The molecule has 1 saturated carbocycles. The molecule has 0 radical (unpaired) electrons. The Morgan fingerprint density at radius 1 is 0.900 bits per heavy atom. The molecule has 6 heteroatoms. The molecule has 0 amide bonds. The highest BCUT2D eigenvalue weighted by molar-refractivity contribution is 7.80. The van der Waals surface area contributed by atoms with E-state index in [9.17, 15) is 0 Å². The number of anilines is 1. The van der Waals surface area contributed by atoms with Crippen LogP contribution in [0.15, 0.2) is 79.0 Å². The molecule has 1 aliphatic heterocycles. The number of aromatic amines is 1. The quantitative estimate of drug-likeness (QED) is 0.207. The summed E-state index contributed by atoms with van der Waals surface area (Å²) in [5, 5.41) is 9.07. The van der Waals surface area contributed by atoms with E-state index in [0.717, 1.165) is 22.9 Å². The molecule has 6 rings (SSSR count). The van der Waals surface area contributed by atoms with Crippen LogP contribution in [0.4, 0.5) is 5.69 Å². The smallest absolute Gasteiger partial charge is 0.171 e. The van der Waals surface area contributed by atoms with E-state index in [1.165, 1.54) is 80.2 Å². The third-order valence-corrected chi connectivity index (χ3v) is 9.12. The van der Waals surface area contributed by atoms with Crippen LogP contribution in [0.25, 0.3) is 22.0 Å². The number of methoxy groups -OCH3 is 1. The predicted molar refractivity (Wildman–Crippen MR) is 170 cm³/mol. The van der Waals surface area contributed by atoms with E-state index in [2.05, 4.69) is 87.4 Å². The lowest BCUT2D eigenvalue weighted by molar-refractivity contribution is 0.158. The van der Waals surface area contributed by atoms with E-state index < -0.39 is 0 Å². The van der Waals surface area contributed by atoms with Crippen molar-refractivity contribution in [2.45, 2.75) is 50.5 Å². The second kappa shape index (κ2) is 12.4. The highest BCUT2D eigenvalue weighted by Gasteiger charge is 2.27. The van der Waals surface area contributed by atoms with E-state index in [-0.39, 0.29) is 0 Å². The SMILES string of the molecule is COc1ccc(-c2ccccc2)cc1NC(=S)NC1CCC(CN2CCC(c3c[nH]c4ccccc34)CC2)CC1. The van der Waals surface area contributed by atoms with Gasteiger partial charge in [-0.25, -0.2) is 0 Å². The number of para-hydroxylation sites is 1. The maximum Gasteiger partial charge on any atom is 0.171 e. The van der Waals surface area contributed by atoms with Gasteiger partial charge >= 0.3 is 0 Å². The Morgan fingerprint density at radius 3 is 2.42 bits per heavy atom. The Bertz CT molecular complexity index is 1420. The number of nitrogens with zero attached hydrogens (tertiary/aromatic N) is 1. The van der Waals surface area contributed by atoms with Crippen molar-refractivity contribution in [2.24, 2.45) is 5.92 Å². The number of aromatic nitrogens is 1. The van der Waals surface area contributed by atoms with Crippen molar-refractivity contribution in [3.63, 3.8) is 0 Å². The van der Waals surface area contributed by atoms with Crippen molar-refractivity contribution in [2.75, 3.05) is 32.1 Å². The summed E-state index contributed by atoms with van der Waals surface area (Å²) in [6, 6.07) is 25.7. The lowest BCUT2D eigenvalue weighted by Crippen LogP contribution is -2.42. The van der Waals surface area contributed by atoms with E-state index >= 15 is 0 Å². The summed E-state index contributed by atoms with van der Waals surface area (Å²) in [5.74, 6) is 2.25. The Kier molecular flexibility index (Phi) is 8.35. The molecular formula is C34H40N4OS.